The SMILES string of the molecule is CCOc1ccc(C(=O)Nc2cc(Br)cn3cnnc23)cc1[N+](=O)[O-]. The van der Waals surface area contributed by atoms with E-state index in [1.807, 2.05) is 0 Å². The van der Waals surface area contributed by atoms with Crippen molar-refractivity contribution in [2.24, 2.45) is 0 Å². The van der Waals surface area contributed by atoms with Gasteiger partial charge in [0.2, 0.25) is 0 Å². The van der Waals surface area contributed by atoms with Crippen LogP contribution in [0.25, 0.3) is 5.65 Å². The molecule has 0 saturated carbocycles. The van der Waals surface area contributed by atoms with Gasteiger partial charge in [0.05, 0.1) is 17.2 Å². The summed E-state index contributed by atoms with van der Waals surface area (Å²) >= 11 is 3.34. The number of benzene rings is 1. The van der Waals surface area contributed by atoms with Crippen molar-refractivity contribution in [3.8, 4) is 5.75 Å². The number of anilines is 1. The zero-order valence-corrected chi connectivity index (χ0v) is 14.6. The number of amides is 1. The zero-order chi connectivity index (χ0) is 18.0. The van der Waals surface area contributed by atoms with Gasteiger partial charge in [0.25, 0.3) is 5.91 Å². The Morgan fingerprint density at radius 1 is 1.44 bits per heavy atom. The van der Waals surface area contributed by atoms with Crippen LogP contribution >= 0.6 is 15.9 Å². The Bertz CT molecular complexity index is 972. The monoisotopic (exact) mass is 405 g/mol. The van der Waals surface area contributed by atoms with Crippen LogP contribution in [0.4, 0.5) is 11.4 Å². The van der Waals surface area contributed by atoms with Gasteiger partial charge in [-0.3, -0.25) is 19.3 Å². The van der Waals surface area contributed by atoms with Crippen LogP contribution in [0, 0.1) is 10.1 Å². The van der Waals surface area contributed by atoms with Crippen molar-refractivity contribution >= 4 is 38.9 Å². The predicted octanol–water partition coefficient (Wildman–Crippen LogP) is 3.05. The summed E-state index contributed by atoms with van der Waals surface area (Å²) in [4.78, 5) is 23.1. The van der Waals surface area contributed by atoms with E-state index in [0.29, 0.717) is 15.8 Å². The minimum absolute atomic E-state index is 0.117. The molecule has 0 radical (unpaired) electrons. The first-order valence-electron chi connectivity index (χ1n) is 7.21. The summed E-state index contributed by atoms with van der Waals surface area (Å²) in [6.45, 7) is 2.01. The van der Waals surface area contributed by atoms with Crippen molar-refractivity contribution in [3.05, 3.63) is 56.9 Å². The van der Waals surface area contributed by atoms with E-state index in [1.54, 1.807) is 23.6 Å². The summed E-state index contributed by atoms with van der Waals surface area (Å²) in [6.07, 6.45) is 3.24. The second kappa shape index (κ2) is 6.85. The van der Waals surface area contributed by atoms with E-state index >= 15 is 0 Å². The standard InChI is InChI=1S/C15H12BrN5O4/c1-2-25-13-4-3-9(5-12(13)21(23)24)15(22)18-11-6-10(16)7-20-8-17-19-14(11)20/h3-8H,2H2,1H3,(H,18,22). The Kier molecular flexibility index (Phi) is 4.61. The summed E-state index contributed by atoms with van der Waals surface area (Å²) in [5, 5.41) is 21.6. The molecule has 0 atom stereocenters. The van der Waals surface area contributed by atoms with Crippen molar-refractivity contribution < 1.29 is 14.5 Å². The molecule has 10 heteroatoms. The van der Waals surface area contributed by atoms with E-state index in [1.165, 1.54) is 24.5 Å². The summed E-state index contributed by atoms with van der Waals surface area (Å²) in [5.74, 6) is -0.388. The molecule has 2 heterocycles. The molecule has 1 amide bonds. The number of aromatic nitrogens is 3. The molecule has 0 saturated heterocycles. The van der Waals surface area contributed by atoms with Gasteiger partial charge in [0, 0.05) is 22.3 Å². The maximum atomic E-state index is 12.5. The van der Waals surface area contributed by atoms with Gasteiger partial charge in [-0.2, -0.15) is 0 Å². The zero-order valence-electron chi connectivity index (χ0n) is 13.0. The number of nitrogens with zero attached hydrogens (tertiary/aromatic N) is 4. The second-order valence-corrected chi connectivity index (χ2v) is 5.88. The van der Waals surface area contributed by atoms with Crippen LogP contribution in [-0.2, 0) is 0 Å². The number of ether oxygens (including phenoxy) is 1. The Hall–Kier alpha value is -3.01. The van der Waals surface area contributed by atoms with Gasteiger partial charge in [0.15, 0.2) is 11.4 Å². The number of rotatable bonds is 5. The van der Waals surface area contributed by atoms with Gasteiger partial charge in [-0.1, -0.05) is 0 Å². The number of hydrogen-bond donors (Lipinski definition) is 1. The third-order valence-corrected chi connectivity index (χ3v) is 3.76. The highest BCUT2D eigenvalue weighted by atomic mass is 79.9. The van der Waals surface area contributed by atoms with E-state index in [0.717, 1.165) is 0 Å². The van der Waals surface area contributed by atoms with Gasteiger partial charge >= 0.3 is 5.69 Å². The van der Waals surface area contributed by atoms with Crippen molar-refractivity contribution in [2.45, 2.75) is 6.92 Å². The molecule has 0 aliphatic rings. The molecule has 1 aromatic carbocycles. The minimum atomic E-state index is -0.586. The first kappa shape index (κ1) is 16.8. The number of hydrogen-bond acceptors (Lipinski definition) is 6. The average molecular weight is 406 g/mol. The number of halogens is 1. The first-order chi connectivity index (χ1) is 12.0. The van der Waals surface area contributed by atoms with E-state index < -0.39 is 10.8 Å². The molecule has 0 spiro atoms. The number of fused-ring (bicyclic) bond motifs is 1. The topological polar surface area (TPSA) is 112 Å². The Morgan fingerprint density at radius 3 is 2.96 bits per heavy atom. The largest absolute Gasteiger partial charge is 0.487 e. The molecule has 9 nitrogen and oxygen atoms in total. The van der Waals surface area contributed by atoms with Crippen molar-refractivity contribution in [3.63, 3.8) is 0 Å². The summed E-state index contributed by atoms with van der Waals surface area (Å²) in [6, 6.07) is 5.72. The fourth-order valence-corrected chi connectivity index (χ4v) is 2.72. The lowest BCUT2D eigenvalue weighted by Crippen LogP contribution is -2.13. The molecule has 2 aromatic heterocycles. The number of nitrogens with one attached hydrogen (secondary N) is 1. The molecule has 3 aromatic rings. The molecule has 0 bridgehead atoms. The third kappa shape index (κ3) is 3.43. The Balaban J connectivity index is 1.94. The van der Waals surface area contributed by atoms with Crippen LogP contribution in [0.1, 0.15) is 17.3 Å². The van der Waals surface area contributed by atoms with Crippen LogP contribution in [0.5, 0.6) is 5.75 Å². The van der Waals surface area contributed by atoms with E-state index in [2.05, 4.69) is 31.4 Å². The second-order valence-electron chi connectivity index (χ2n) is 4.96. The third-order valence-electron chi connectivity index (χ3n) is 3.32. The quantitative estimate of drug-likeness (QED) is 0.515. The number of nitro groups is 1. The van der Waals surface area contributed by atoms with Crippen molar-refractivity contribution in [1.29, 1.82) is 0 Å². The molecule has 3 rings (SSSR count). The molecule has 0 aliphatic carbocycles. The van der Waals surface area contributed by atoms with Gasteiger partial charge in [-0.25, -0.2) is 0 Å². The van der Waals surface area contributed by atoms with Gasteiger partial charge in [-0.05, 0) is 41.1 Å². The summed E-state index contributed by atoms with van der Waals surface area (Å²) in [5.41, 5.74) is 0.745. The highest BCUT2D eigenvalue weighted by Crippen LogP contribution is 2.29. The van der Waals surface area contributed by atoms with Gasteiger partial charge < -0.3 is 10.1 Å². The molecule has 1 N–H and O–H groups in total. The lowest BCUT2D eigenvalue weighted by molar-refractivity contribution is -0.385. The molecule has 128 valence electrons. The number of pyridine rings is 1. The molecule has 25 heavy (non-hydrogen) atoms. The molecule has 0 fully saturated rings. The van der Waals surface area contributed by atoms with E-state index in [9.17, 15) is 14.9 Å². The lowest BCUT2D eigenvalue weighted by atomic mass is 10.1. The maximum absolute atomic E-state index is 12.5. The van der Waals surface area contributed by atoms with Crippen LogP contribution in [0.15, 0.2) is 41.3 Å². The first-order valence-corrected chi connectivity index (χ1v) is 8.00. The fraction of sp³-hybridized carbons (Fsp3) is 0.133. The van der Waals surface area contributed by atoms with Crippen LogP contribution in [-0.4, -0.2) is 32.0 Å². The normalized spacial score (nSPS) is 10.6. The molecular weight excluding hydrogens is 394 g/mol. The highest BCUT2D eigenvalue weighted by molar-refractivity contribution is 9.10. The molecular formula is C15H12BrN5O4. The van der Waals surface area contributed by atoms with Crippen LogP contribution < -0.4 is 10.1 Å². The minimum Gasteiger partial charge on any atom is -0.487 e. The lowest BCUT2D eigenvalue weighted by Gasteiger charge is -2.09. The van der Waals surface area contributed by atoms with Crippen molar-refractivity contribution in [2.75, 3.05) is 11.9 Å². The number of carbonyl (C=O) groups excluding carboxylic acids is 1. The van der Waals surface area contributed by atoms with Crippen LogP contribution in [0.2, 0.25) is 0 Å². The Labute approximate surface area is 149 Å². The predicted molar refractivity (Wildman–Crippen MR) is 92.9 cm³/mol. The van der Waals surface area contributed by atoms with Crippen LogP contribution in [0.3, 0.4) is 0 Å². The average Bonchev–Trinajstić information content (AvgIpc) is 3.03. The van der Waals surface area contributed by atoms with Crippen molar-refractivity contribution in [1.82, 2.24) is 14.6 Å². The molecule has 0 unspecified atom stereocenters. The maximum Gasteiger partial charge on any atom is 0.311 e. The van der Waals surface area contributed by atoms with E-state index in [-0.39, 0.29) is 23.6 Å². The number of carbonyl (C=O) groups is 1. The smallest absolute Gasteiger partial charge is 0.311 e. The van der Waals surface area contributed by atoms with Gasteiger partial charge in [-0.15, -0.1) is 10.2 Å². The fourth-order valence-electron chi connectivity index (χ4n) is 2.27. The van der Waals surface area contributed by atoms with E-state index in [4.69, 9.17) is 4.74 Å². The number of nitro benzene ring substituents is 1. The molecule has 0 aliphatic heterocycles. The van der Waals surface area contributed by atoms with Gasteiger partial charge in [0.1, 0.15) is 6.33 Å². The Morgan fingerprint density at radius 2 is 2.24 bits per heavy atom. The summed E-state index contributed by atoms with van der Waals surface area (Å²) in [7, 11) is 0. The summed E-state index contributed by atoms with van der Waals surface area (Å²) < 4.78 is 7.57. The highest BCUT2D eigenvalue weighted by Gasteiger charge is 2.19.